The van der Waals surface area contributed by atoms with Crippen LogP contribution in [0.25, 0.3) is 0 Å². The van der Waals surface area contributed by atoms with Gasteiger partial charge in [-0.15, -0.1) is 0 Å². The van der Waals surface area contributed by atoms with Gasteiger partial charge in [-0.3, -0.25) is 4.98 Å². The Morgan fingerprint density at radius 1 is 1.53 bits per heavy atom. The second-order valence-electron chi connectivity index (χ2n) is 4.41. The number of nitrogens with one attached hydrogen (secondary N) is 1. The van der Waals surface area contributed by atoms with Crippen molar-refractivity contribution in [1.29, 1.82) is 0 Å². The maximum absolute atomic E-state index is 11.2. The molecule has 0 aromatic carbocycles. The van der Waals surface area contributed by atoms with Crippen LogP contribution in [0.4, 0.5) is 5.69 Å². The van der Waals surface area contributed by atoms with E-state index in [-0.39, 0.29) is 11.6 Å². The highest BCUT2D eigenvalue weighted by Crippen LogP contribution is 2.21. The summed E-state index contributed by atoms with van der Waals surface area (Å²) in [7, 11) is 0. The molecular weight excluding hydrogens is 216 g/mol. The first-order chi connectivity index (χ1) is 7.95. The Hall–Kier alpha value is -1.58. The largest absolute Gasteiger partial charge is 0.478 e. The van der Waals surface area contributed by atoms with Gasteiger partial charge in [-0.25, -0.2) is 4.79 Å². The summed E-state index contributed by atoms with van der Waals surface area (Å²) >= 11 is 0. The standard InChI is InChI=1S/C13H20N2O2/c1-5-6-8(2)15-11-7-9(3)14-10(4)12(11)13(16)17/h7-8H,5-6H2,1-4H3,(H,14,15)(H,16,17). The van der Waals surface area contributed by atoms with Crippen molar-refractivity contribution in [1.82, 2.24) is 4.98 Å². The van der Waals surface area contributed by atoms with Crippen LogP contribution in [0, 0.1) is 13.8 Å². The fraction of sp³-hybridized carbons (Fsp3) is 0.538. The maximum atomic E-state index is 11.2. The lowest BCUT2D eigenvalue weighted by Gasteiger charge is -2.17. The van der Waals surface area contributed by atoms with E-state index < -0.39 is 5.97 Å². The van der Waals surface area contributed by atoms with Crippen LogP contribution >= 0.6 is 0 Å². The monoisotopic (exact) mass is 236 g/mol. The molecule has 94 valence electrons. The molecule has 0 fully saturated rings. The first kappa shape index (κ1) is 13.5. The summed E-state index contributed by atoms with van der Waals surface area (Å²) in [4.78, 5) is 15.4. The molecule has 4 heteroatoms. The molecule has 0 aliphatic carbocycles. The number of carbonyl (C=O) groups is 1. The Kier molecular flexibility index (Phi) is 4.49. The second-order valence-corrected chi connectivity index (χ2v) is 4.41. The van der Waals surface area contributed by atoms with E-state index in [1.165, 1.54) is 0 Å². The smallest absolute Gasteiger partial charge is 0.339 e. The minimum Gasteiger partial charge on any atom is -0.478 e. The highest BCUT2D eigenvalue weighted by atomic mass is 16.4. The Bertz CT molecular complexity index is 416. The molecule has 0 radical (unpaired) electrons. The zero-order valence-electron chi connectivity index (χ0n) is 10.9. The molecule has 2 N–H and O–H groups in total. The molecule has 1 unspecified atom stereocenters. The first-order valence-corrected chi connectivity index (χ1v) is 5.93. The molecular formula is C13H20N2O2. The maximum Gasteiger partial charge on any atom is 0.339 e. The van der Waals surface area contributed by atoms with Gasteiger partial charge >= 0.3 is 5.97 Å². The molecule has 0 saturated carbocycles. The number of pyridine rings is 1. The number of rotatable bonds is 5. The lowest BCUT2D eigenvalue weighted by Crippen LogP contribution is -2.18. The third-order valence-corrected chi connectivity index (χ3v) is 2.67. The summed E-state index contributed by atoms with van der Waals surface area (Å²) in [6.07, 6.45) is 2.08. The number of anilines is 1. The first-order valence-electron chi connectivity index (χ1n) is 5.93. The van der Waals surface area contributed by atoms with Gasteiger partial charge in [0.1, 0.15) is 5.56 Å². The van der Waals surface area contributed by atoms with Crippen LogP contribution in [0.15, 0.2) is 6.07 Å². The van der Waals surface area contributed by atoms with Gasteiger partial charge in [0, 0.05) is 11.7 Å². The average Bonchev–Trinajstić information content (AvgIpc) is 2.15. The van der Waals surface area contributed by atoms with Crippen molar-refractivity contribution in [2.45, 2.75) is 46.6 Å². The Morgan fingerprint density at radius 3 is 2.71 bits per heavy atom. The summed E-state index contributed by atoms with van der Waals surface area (Å²) in [5.74, 6) is -0.929. The molecule has 1 aromatic rings. The zero-order chi connectivity index (χ0) is 13.0. The molecule has 4 nitrogen and oxygen atoms in total. The molecule has 17 heavy (non-hydrogen) atoms. The number of aromatic carboxylic acids is 1. The van der Waals surface area contributed by atoms with Gasteiger partial charge in [-0.05, 0) is 33.3 Å². The third-order valence-electron chi connectivity index (χ3n) is 2.67. The minimum absolute atomic E-state index is 0.263. The van der Waals surface area contributed by atoms with Gasteiger partial charge in [0.25, 0.3) is 0 Å². The van der Waals surface area contributed by atoms with Gasteiger partial charge in [0.2, 0.25) is 0 Å². The predicted octanol–water partition coefficient (Wildman–Crippen LogP) is 3.00. The van der Waals surface area contributed by atoms with E-state index in [9.17, 15) is 9.90 Å². The van der Waals surface area contributed by atoms with Crippen LogP contribution < -0.4 is 5.32 Å². The topological polar surface area (TPSA) is 62.2 Å². The third kappa shape index (κ3) is 3.44. The highest BCUT2D eigenvalue weighted by Gasteiger charge is 2.16. The number of aromatic nitrogens is 1. The van der Waals surface area contributed by atoms with Crippen LogP contribution in [0.3, 0.4) is 0 Å². The fourth-order valence-electron chi connectivity index (χ4n) is 1.98. The molecule has 0 amide bonds. The van der Waals surface area contributed by atoms with Crippen molar-refractivity contribution < 1.29 is 9.90 Å². The molecule has 1 rings (SSSR count). The SMILES string of the molecule is CCCC(C)Nc1cc(C)nc(C)c1C(=O)O. The van der Waals surface area contributed by atoms with Gasteiger partial charge in [-0.2, -0.15) is 0 Å². The van der Waals surface area contributed by atoms with Crippen molar-refractivity contribution in [3.63, 3.8) is 0 Å². The lowest BCUT2D eigenvalue weighted by molar-refractivity contribution is 0.0696. The van der Waals surface area contributed by atoms with Crippen molar-refractivity contribution >= 4 is 11.7 Å². The van der Waals surface area contributed by atoms with Crippen LogP contribution in [-0.4, -0.2) is 22.1 Å². The van der Waals surface area contributed by atoms with Crippen LogP contribution in [0.1, 0.15) is 48.4 Å². The number of hydrogen-bond acceptors (Lipinski definition) is 3. The summed E-state index contributed by atoms with van der Waals surface area (Å²) in [5.41, 5.74) is 2.34. The summed E-state index contributed by atoms with van der Waals surface area (Å²) < 4.78 is 0. The van der Waals surface area contributed by atoms with Crippen LogP contribution in [0.5, 0.6) is 0 Å². The van der Waals surface area contributed by atoms with E-state index in [0.717, 1.165) is 18.5 Å². The predicted molar refractivity (Wildman–Crippen MR) is 68.7 cm³/mol. The lowest BCUT2D eigenvalue weighted by atomic mass is 10.1. The van der Waals surface area contributed by atoms with E-state index in [0.29, 0.717) is 11.4 Å². The summed E-state index contributed by atoms with van der Waals surface area (Å²) in [5, 5.41) is 12.5. The number of carboxylic acid groups (broad SMARTS) is 1. The van der Waals surface area contributed by atoms with E-state index in [1.54, 1.807) is 13.0 Å². The summed E-state index contributed by atoms with van der Waals surface area (Å²) in [6, 6.07) is 2.06. The number of nitrogens with zero attached hydrogens (tertiary/aromatic N) is 1. The van der Waals surface area contributed by atoms with Crippen LogP contribution in [-0.2, 0) is 0 Å². The number of aryl methyl sites for hydroxylation is 2. The summed E-state index contributed by atoms with van der Waals surface area (Å²) in [6.45, 7) is 7.76. The van der Waals surface area contributed by atoms with Crippen molar-refractivity contribution in [3.05, 3.63) is 23.0 Å². The molecule has 0 saturated heterocycles. The molecule has 0 aliphatic heterocycles. The van der Waals surface area contributed by atoms with E-state index in [4.69, 9.17) is 0 Å². The van der Waals surface area contributed by atoms with Gasteiger partial charge in [-0.1, -0.05) is 13.3 Å². The quantitative estimate of drug-likeness (QED) is 0.825. The zero-order valence-corrected chi connectivity index (χ0v) is 10.9. The minimum atomic E-state index is -0.929. The molecule has 0 aliphatic rings. The number of carboxylic acids is 1. The van der Waals surface area contributed by atoms with E-state index in [1.807, 2.05) is 6.92 Å². The Balaban J connectivity index is 3.08. The molecule has 0 spiro atoms. The molecule has 0 bridgehead atoms. The molecule has 1 heterocycles. The normalized spacial score (nSPS) is 12.2. The molecule has 1 atom stereocenters. The number of hydrogen-bond donors (Lipinski definition) is 2. The molecule has 1 aromatic heterocycles. The van der Waals surface area contributed by atoms with E-state index in [2.05, 4.69) is 24.1 Å². The van der Waals surface area contributed by atoms with Gasteiger partial charge in [0.05, 0.1) is 11.4 Å². The average molecular weight is 236 g/mol. The van der Waals surface area contributed by atoms with Gasteiger partial charge in [0.15, 0.2) is 0 Å². The Labute approximate surface area is 102 Å². The van der Waals surface area contributed by atoms with Gasteiger partial charge < -0.3 is 10.4 Å². The van der Waals surface area contributed by atoms with Crippen LogP contribution in [0.2, 0.25) is 0 Å². The second kappa shape index (κ2) is 5.66. The van der Waals surface area contributed by atoms with E-state index >= 15 is 0 Å². The fourth-order valence-corrected chi connectivity index (χ4v) is 1.98. The highest BCUT2D eigenvalue weighted by molar-refractivity contribution is 5.95. The van der Waals surface area contributed by atoms with Crippen molar-refractivity contribution in [2.75, 3.05) is 5.32 Å². The van der Waals surface area contributed by atoms with Crippen molar-refractivity contribution in [3.8, 4) is 0 Å². The Morgan fingerprint density at radius 2 is 2.18 bits per heavy atom. The van der Waals surface area contributed by atoms with Crippen molar-refractivity contribution in [2.24, 2.45) is 0 Å².